The van der Waals surface area contributed by atoms with Crippen LogP contribution in [0.4, 0.5) is 0 Å². The number of aliphatic carboxylic acids is 1. The Balaban J connectivity index is 2.32. The Bertz CT molecular complexity index is 447. The van der Waals surface area contributed by atoms with E-state index in [0.29, 0.717) is 0 Å². The fourth-order valence-electron chi connectivity index (χ4n) is 2.09. The highest BCUT2D eigenvalue weighted by Gasteiger charge is 2.52. The first kappa shape index (κ1) is 12.2. The van der Waals surface area contributed by atoms with E-state index in [2.05, 4.69) is 12.6 Å². The summed E-state index contributed by atoms with van der Waals surface area (Å²) in [5.74, 6) is 0.107. The molecule has 0 saturated heterocycles. The van der Waals surface area contributed by atoms with Gasteiger partial charge in [-0.2, -0.15) is 12.6 Å². The zero-order chi connectivity index (χ0) is 12.3. The molecule has 0 atom stereocenters. The summed E-state index contributed by atoms with van der Waals surface area (Å²) in [4.78, 5) is 11.3. The summed E-state index contributed by atoms with van der Waals surface area (Å²) < 4.78 is 0. The minimum absolute atomic E-state index is 0.623. The van der Waals surface area contributed by atoms with E-state index in [-0.39, 0.29) is 0 Å². The lowest BCUT2D eigenvalue weighted by atomic mass is 9.91. The molecule has 1 aromatic rings. The summed E-state index contributed by atoms with van der Waals surface area (Å²) in [6.07, 6.45) is 6.45. The van der Waals surface area contributed by atoms with Crippen LogP contribution >= 0.6 is 12.6 Å². The Morgan fingerprint density at radius 2 is 2.12 bits per heavy atom. The van der Waals surface area contributed by atoms with Gasteiger partial charge in [0.2, 0.25) is 0 Å². The van der Waals surface area contributed by atoms with Crippen LogP contribution in [0.2, 0.25) is 0 Å². The van der Waals surface area contributed by atoms with Crippen molar-refractivity contribution < 1.29 is 9.90 Å². The molecule has 1 aliphatic rings. The van der Waals surface area contributed by atoms with Gasteiger partial charge in [0.15, 0.2) is 0 Å². The van der Waals surface area contributed by atoms with Crippen LogP contribution in [-0.2, 0) is 10.2 Å². The van der Waals surface area contributed by atoms with Gasteiger partial charge in [0.25, 0.3) is 0 Å². The molecule has 0 bridgehead atoms. The number of hydrogen-bond donors (Lipinski definition) is 2. The van der Waals surface area contributed by atoms with E-state index in [4.69, 9.17) is 0 Å². The van der Waals surface area contributed by atoms with Crippen molar-refractivity contribution in [2.45, 2.75) is 24.7 Å². The van der Waals surface area contributed by atoms with Crippen molar-refractivity contribution in [3.8, 4) is 0 Å². The van der Waals surface area contributed by atoms with Gasteiger partial charge in [-0.05, 0) is 36.1 Å². The normalized spacial score (nSPS) is 17.2. The van der Waals surface area contributed by atoms with Gasteiger partial charge in [-0.15, -0.1) is 0 Å². The molecule has 0 amide bonds. The van der Waals surface area contributed by atoms with Gasteiger partial charge in [0, 0.05) is 0 Å². The molecule has 0 unspecified atom stereocenters. The number of hydrogen-bond acceptors (Lipinski definition) is 2. The molecular formula is C14H16O2S. The first-order chi connectivity index (χ1) is 8.20. The second kappa shape index (κ2) is 4.96. The highest BCUT2D eigenvalue weighted by atomic mass is 32.1. The number of allylic oxidation sites excluding steroid dienone is 1. The molecule has 0 spiro atoms. The van der Waals surface area contributed by atoms with Gasteiger partial charge in [-0.1, -0.05) is 36.4 Å². The number of carboxylic acid groups (broad SMARTS) is 1. The highest BCUT2D eigenvalue weighted by Crippen LogP contribution is 2.49. The van der Waals surface area contributed by atoms with Crippen molar-refractivity contribution in [1.29, 1.82) is 0 Å². The van der Waals surface area contributed by atoms with Crippen LogP contribution in [0.1, 0.15) is 30.4 Å². The Morgan fingerprint density at radius 3 is 2.71 bits per heavy atom. The molecule has 1 aromatic carbocycles. The van der Waals surface area contributed by atoms with Gasteiger partial charge < -0.3 is 5.11 Å². The zero-order valence-electron chi connectivity index (χ0n) is 9.60. The van der Waals surface area contributed by atoms with Crippen LogP contribution in [0.15, 0.2) is 30.3 Å². The summed E-state index contributed by atoms with van der Waals surface area (Å²) in [7, 11) is 0. The average Bonchev–Trinajstić information content (AvgIpc) is 3.11. The van der Waals surface area contributed by atoms with E-state index in [1.807, 2.05) is 36.4 Å². The largest absolute Gasteiger partial charge is 0.481 e. The molecule has 0 heterocycles. The number of rotatable bonds is 5. The zero-order valence-corrected chi connectivity index (χ0v) is 10.5. The van der Waals surface area contributed by atoms with Crippen molar-refractivity contribution in [2.75, 3.05) is 5.75 Å². The number of thiol groups is 1. The van der Waals surface area contributed by atoms with E-state index >= 15 is 0 Å². The predicted octanol–water partition coefficient (Wildman–Crippen LogP) is 3.14. The maximum atomic E-state index is 11.3. The summed E-state index contributed by atoms with van der Waals surface area (Å²) in [6.45, 7) is 0. The number of carboxylic acids is 1. The Labute approximate surface area is 107 Å². The predicted molar refractivity (Wildman–Crippen MR) is 72.5 cm³/mol. The lowest BCUT2D eigenvalue weighted by molar-refractivity contribution is -0.140. The van der Waals surface area contributed by atoms with Crippen LogP contribution in [0, 0.1) is 0 Å². The van der Waals surface area contributed by atoms with Crippen LogP contribution in [0.25, 0.3) is 6.08 Å². The SMILES string of the molecule is O=C(O)C1(c2ccccc2C=CCCS)CC1. The Morgan fingerprint density at radius 1 is 1.41 bits per heavy atom. The van der Waals surface area contributed by atoms with E-state index in [1.54, 1.807) is 0 Å². The molecule has 1 N–H and O–H groups in total. The molecule has 1 fully saturated rings. The van der Waals surface area contributed by atoms with E-state index in [9.17, 15) is 9.90 Å². The summed E-state index contributed by atoms with van der Waals surface area (Å²) in [5, 5.41) is 9.32. The second-order valence-electron chi connectivity index (χ2n) is 4.39. The summed E-state index contributed by atoms with van der Waals surface area (Å²) >= 11 is 4.15. The third-order valence-corrected chi connectivity index (χ3v) is 3.49. The molecule has 17 heavy (non-hydrogen) atoms. The van der Waals surface area contributed by atoms with Crippen LogP contribution in [-0.4, -0.2) is 16.8 Å². The minimum Gasteiger partial charge on any atom is -0.481 e. The third-order valence-electron chi connectivity index (χ3n) is 3.23. The fourth-order valence-corrected chi connectivity index (χ4v) is 2.24. The molecule has 0 aliphatic heterocycles. The quantitative estimate of drug-likeness (QED) is 0.786. The molecule has 3 heteroatoms. The standard InChI is InChI=1S/C14H16O2S/c15-13(16)14(8-9-14)12-7-2-1-5-11(12)6-3-4-10-17/h1-3,5-7,17H,4,8-10H2,(H,15,16). The third kappa shape index (κ3) is 2.39. The van der Waals surface area contributed by atoms with Crippen molar-refractivity contribution >= 4 is 24.7 Å². The highest BCUT2D eigenvalue weighted by molar-refractivity contribution is 7.80. The maximum absolute atomic E-state index is 11.3. The lowest BCUT2D eigenvalue weighted by Crippen LogP contribution is -2.20. The molecular weight excluding hydrogens is 232 g/mol. The van der Waals surface area contributed by atoms with Crippen molar-refractivity contribution in [3.05, 3.63) is 41.5 Å². The summed E-state index contributed by atoms with van der Waals surface area (Å²) in [5.41, 5.74) is 1.35. The van der Waals surface area contributed by atoms with Crippen LogP contribution in [0.3, 0.4) is 0 Å². The summed E-state index contributed by atoms with van der Waals surface area (Å²) in [6, 6.07) is 7.77. The first-order valence-electron chi connectivity index (χ1n) is 5.81. The van der Waals surface area contributed by atoms with E-state index in [0.717, 1.165) is 36.1 Å². The van der Waals surface area contributed by atoms with E-state index < -0.39 is 11.4 Å². The average molecular weight is 248 g/mol. The molecule has 1 aliphatic carbocycles. The molecule has 0 radical (unpaired) electrons. The molecule has 1 saturated carbocycles. The van der Waals surface area contributed by atoms with Gasteiger partial charge in [-0.25, -0.2) is 0 Å². The second-order valence-corrected chi connectivity index (χ2v) is 4.84. The van der Waals surface area contributed by atoms with E-state index in [1.165, 1.54) is 0 Å². The molecule has 2 rings (SSSR count). The molecule has 90 valence electrons. The first-order valence-corrected chi connectivity index (χ1v) is 6.44. The Hall–Kier alpha value is -1.22. The monoisotopic (exact) mass is 248 g/mol. The van der Waals surface area contributed by atoms with Crippen molar-refractivity contribution in [1.82, 2.24) is 0 Å². The minimum atomic E-state index is -0.701. The van der Waals surface area contributed by atoms with Gasteiger partial charge in [0.05, 0.1) is 5.41 Å². The van der Waals surface area contributed by atoms with Gasteiger partial charge in [-0.3, -0.25) is 4.79 Å². The van der Waals surface area contributed by atoms with Crippen LogP contribution < -0.4 is 0 Å². The maximum Gasteiger partial charge on any atom is 0.314 e. The van der Waals surface area contributed by atoms with Gasteiger partial charge in [0.1, 0.15) is 0 Å². The van der Waals surface area contributed by atoms with Crippen molar-refractivity contribution in [2.24, 2.45) is 0 Å². The lowest BCUT2D eigenvalue weighted by Gasteiger charge is -2.13. The fraction of sp³-hybridized carbons (Fsp3) is 0.357. The number of carbonyl (C=O) groups is 1. The van der Waals surface area contributed by atoms with Crippen molar-refractivity contribution in [3.63, 3.8) is 0 Å². The number of benzene rings is 1. The Kier molecular flexibility index (Phi) is 3.57. The molecule has 2 nitrogen and oxygen atoms in total. The van der Waals surface area contributed by atoms with Crippen LogP contribution in [0.5, 0.6) is 0 Å². The molecule has 0 aromatic heterocycles. The smallest absolute Gasteiger partial charge is 0.314 e. The topological polar surface area (TPSA) is 37.3 Å². The van der Waals surface area contributed by atoms with Gasteiger partial charge >= 0.3 is 5.97 Å².